The standard InChI is InChI=1S/C19H21BrN6O2/c1-11-18(20)12(2)26(25-11)10-14-3-4-16(28-14)19(27)22-17-9-15(23-24-17)13-5-7-21-8-6-13/h3-8,15,17,23-24H,9-10H2,1-2H3,(H,22,27). The first-order chi connectivity index (χ1) is 13.5. The van der Waals surface area contributed by atoms with Crippen LogP contribution in [0.25, 0.3) is 0 Å². The summed E-state index contributed by atoms with van der Waals surface area (Å²) < 4.78 is 8.57. The number of halogens is 1. The fraction of sp³-hybridized carbons (Fsp3) is 0.316. The molecule has 4 rings (SSSR count). The summed E-state index contributed by atoms with van der Waals surface area (Å²) in [6.45, 7) is 4.40. The monoisotopic (exact) mass is 444 g/mol. The molecule has 0 saturated carbocycles. The lowest BCUT2D eigenvalue weighted by molar-refractivity contribution is 0.0902. The van der Waals surface area contributed by atoms with Crippen molar-refractivity contribution in [3.05, 3.63) is 69.6 Å². The highest BCUT2D eigenvalue weighted by Gasteiger charge is 2.27. The van der Waals surface area contributed by atoms with Gasteiger partial charge in [0.15, 0.2) is 5.76 Å². The molecule has 1 fully saturated rings. The van der Waals surface area contributed by atoms with Crippen molar-refractivity contribution < 1.29 is 9.21 Å². The van der Waals surface area contributed by atoms with Crippen LogP contribution in [0.2, 0.25) is 0 Å². The quantitative estimate of drug-likeness (QED) is 0.559. The number of hydrogen-bond acceptors (Lipinski definition) is 6. The Kier molecular flexibility index (Phi) is 5.29. The summed E-state index contributed by atoms with van der Waals surface area (Å²) in [6, 6.07) is 7.53. The molecule has 146 valence electrons. The Hall–Kier alpha value is -2.49. The van der Waals surface area contributed by atoms with Gasteiger partial charge < -0.3 is 9.73 Å². The number of amides is 1. The van der Waals surface area contributed by atoms with Crippen molar-refractivity contribution in [1.82, 2.24) is 30.9 Å². The lowest BCUT2D eigenvalue weighted by Crippen LogP contribution is -2.44. The van der Waals surface area contributed by atoms with E-state index >= 15 is 0 Å². The summed E-state index contributed by atoms with van der Waals surface area (Å²) in [5, 5.41) is 7.41. The lowest BCUT2D eigenvalue weighted by atomic mass is 10.1. The molecule has 0 aliphatic carbocycles. The highest BCUT2D eigenvalue weighted by molar-refractivity contribution is 9.10. The van der Waals surface area contributed by atoms with Crippen LogP contribution in [-0.4, -0.2) is 26.8 Å². The minimum Gasteiger partial charge on any atom is -0.454 e. The summed E-state index contributed by atoms with van der Waals surface area (Å²) in [7, 11) is 0. The Morgan fingerprint density at radius 3 is 2.79 bits per heavy atom. The van der Waals surface area contributed by atoms with E-state index in [2.05, 4.69) is 42.2 Å². The molecule has 28 heavy (non-hydrogen) atoms. The van der Waals surface area contributed by atoms with Gasteiger partial charge >= 0.3 is 0 Å². The summed E-state index contributed by atoms with van der Waals surface area (Å²) in [5.74, 6) is 0.704. The average Bonchev–Trinajstić information content (AvgIpc) is 3.41. The van der Waals surface area contributed by atoms with E-state index in [1.807, 2.05) is 30.7 Å². The van der Waals surface area contributed by atoms with Crippen LogP contribution in [0.5, 0.6) is 0 Å². The maximum atomic E-state index is 12.5. The number of carbonyl (C=O) groups excluding carboxylic acids is 1. The number of pyridine rings is 1. The Morgan fingerprint density at radius 1 is 1.29 bits per heavy atom. The summed E-state index contributed by atoms with van der Waals surface area (Å²) in [4.78, 5) is 16.6. The molecule has 2 unspecified atom stereocenters. The van der Waals surface area contributed by atoms with Crippen molar-refractivity contribution in [1.29, 1.82) is 0 Å². The number of hydrazine groups is 1. The molecule has 3 aromatic rings. The number of nitrogens with zero attached hydrogens (tertiary/aromatic N) is 3. The van der Waals surface area contributed by atoms with E-state index in [4.69, 9.17) is 4.42 Å². The second kappa shape index (κ2) is 7.86. The molecule has 2 atom stereocenters. The van der Waals surface area contributed by atoms with Crippen LogP contribution in [0.15, 0.2) is 45.5 Å². The smallest absolute Gasteiger partial charge is 0.288 e. The van der Waals surface area contributed by atoms with E-state index in [1.54, 1.807) is 24.5 Å². The van der Waals surface area contributed by atoms with E-state index in [-0.39, 0.29) is 23.9 Å². The van der Waals surface area contributed by atoms with Gasteiger partial charge in [-0.2, -0.15) is 5.10 Å². The number of rotatable bonds is 5. The number of hydrogen-bond donors (Lipinski definition) is 3. The number of furan rings is 1. The zero-order valence-corrected chi connectivity index (χ0v) is 17.2. The Labute approximate surface area is 170 Å². The molecule has 1 saturated heterocycles. The molecule has 0 bridgehead atoms. The molecule has 0 spiro atoms. The predicted octanol–water partition coefficient (Wildman–Crippen LogP) is 2.59. The maximum Gasteiger partial charge on any atom is 0.288 e. The summed E-state index contributed by atoms with van der Waals surface area (Å²) >= 11 is 3.52. The van der Waals surface area contributed by atoms with Crippen molar-refractivity contribution in [2.24, 2.45) is 0 Å². The van der Waals surface area contributed by atoms with Crippen molar-refractivity contribution in [2.75, 3.05) is 0 Å². The number of aromatic nitrogens is 3. The molecule has 1 aliphatic heterocycles. The van der Waals surface area contributed by atoms with Crippen LogP contribution in [0.1, 0.15) is 45.7 Å². The minimum absolute atomic E-state index is 0.116. The van der Waals surface area contributed by atoms with E-state index in [0.29, 0.717) is 12.3 Å². The molecular formula is C19H21BrN6O2. The first-order valence-corrected chi connectivity index (χ1v) is 9.80. The van der Waals surface area contributed by atoms with E-state index in [0.717, 1.165) is 27.8 Å². The van der Waals surface area contributed by atoms with Crippen LogP contribution in [0, 0.1) is 13.8 Å². The topological polar surface area (TPSA) is 97.0 Å². The third-order valence-electron chi connectivity index (χ3n) is 4.80. The Bertz CT molecular complexity index is 984. The van der Waals surface area contributed by atoms with Gasteiger partial charge in [-0.1, -0.05) is 0 Å². The third kappa shape index (κ3) is 3.87. The normalized spacial score (nSPS) is 19.1. The molecule has 0 aromatic carbocycles. The molecule has 1 amide bonds. The largest absolute Gasteiger partial charge is 0.454 e. The fourth-order valence-corrected chi connectivity index (χ4v) is 3.54. The van der Waals surface area contributed by atoms with Crippen molar-refractivity contribution in [3.8, 4) is 0 Å². The summed E-state index contributed by atoms with van der Waals surface area (Å²) in [5.41, 5.74) is 9.36. The molecular weight excluding hydrogens is 424 g/mol. The van der Waals surface area contributed by atoms with Crippen LogP contribution < -0.4 is 16.2 Å². The zero-order valence-electron chi connectivity index (χ0n) is 15.6. The van der Waals surface area contributed by atoms with Crippen molar-refractivity contribution in [3.63, 3.8) is 0 Å². The van der Waals surface area contributed by atoms with Crippen molar-refractivity contribution >= 4 is 21.8 Å². The molecule has 1 aliphatic rings. The molecule has 4 heterocycles. The third-order valence-corrected chi connectivity index (χ3v) is 5.95. The molecule has 8 nitrogen and oxygen atoms in total. The van der Waals surface area contributed by atoms with E-state index in [1.165, 1.54) is 0 Å². The van der Waals surface area contributed by atoms with Gasteiger partial charge in [-0.3, -0.25) is 14.5 Å². The van der Waals surface area contributed by atoms with Gasteiger partial charge in [-0.15, -0.1) is 0 Å². The molecule has 0 radical (unpaired) electrons. The van der Waals surface area contributed by atoms with Gasteiger partial charge in [-0.25, -0.2) is 10.9 Å². The zero-order chi connectivity index (χ0) is 19.7. The highest BCUT2D eigenvalue weighted by atomic mass is 79.9. The molecule has 3 aromatic heterocycles. The summed E-state index contributed by atoms with van der Waals surface area (Å²) in [6.07, 6.45) is 4.05. The first-order valence-electron chi connectivity index (χ1n) is 9.01. The molecule has 9 heteroatoms. The van der Waals surface area contributed by atoms with Crippen molar-refractivity contribution in [2.45, 2.75) is 39.0 Å². The first kappa shape index (κ1) is 18.9. The molecule has 3 N–H and O–H groups in total. The van der Waals surface area contributed by atoms with Crippen LogP contribution >= 0.6 is 15.9 Å². The van der Waals surface area contributed by atoms with Crippen LogP contribution in [0.4, 0.5) is 0 Å². The van der Waals surface area contributed by atoms with Gasteiger partial charge in [0, 0.05) is 24.9 Å². The number of aryl methyl sites for hydroxylation is 1. The van der Waals surface area contributed by atoms with Gasteiger partial charge in [-0.05, 0) is 59.6 Å². The van der Waals surface area contributed by atoms with E-state index in [9.17, 15) is 4.79 Å². The number of nitrogens with one attached hydrogen (secondary N) is 3. The Morgan fingerprint density at radius 2 is 2.07 bits per heavy atom. The van der Waals surface area contributed by atoms with Gasteiger partial charge in [0.25, 0.3) is 5.91 Å². The SMILES string of the molecule is Cc1nn(Cc2ccc(C(=O)NC3CC(c4ccncc4)NN3)o2)c(C)c1Br. The predicted molar refractivity (Wildman–Crippen MR) is 106 cm³/mol. The highest BCUT2D eigenvalue weighted by Crippen LogP contribution is 2.22. The van der Waals surface area contributed by atoms with Crippen LogP contribution in [0.3, 0.4) is 0 Å². The Balaban J connectivity index is 1.36. The second-order valence-corrected chi connectivity index (χ2v) is 7.58. The average molecular weight is 445 g/mol. The second-order valence-electron chi connectivity index (χ2n) is 6.79. The number of carbonyl (C=O) groups is 1. The lowest BCUT2D eigenvalue weighted by Gasteiger charge is -2.11. The van der Waals surface area contributed by atoms with Gasteiger partial charge in [0.2, 0.25) is 0 Å². The van der Waals surface area contributed by atoms with Gasteiger partial charge in [0.1, 0.15) is 5.76 Å². The minimum atomic E-state index is -0.254. The maximum absolute atomic E-state index is 12.5. The fourth-order valence-electron chi connectivity index (χ4n) is 3.26. The van der Waals surface area contributed by atoms with Gasteiger partial charge in [0.05, 0.1) is 28.6 Å². The van der Waals surface area contributed by atoms with Crippen LogP contribution in [-0.2, 0) is 6.54 Å². The van der Waals surface area contributed by atoms with E-state index < -0.39 is 0 Å².